The highest BCUT2D eigenvalue weighted by Gasteiger charge is 2.62. The van der Waals surface area contributed by atoms with Gasteiger partial charge in [-0.2, -0.15) is 0 Å². The molecule has 0 spiro atoms. The first kappa shape index (κ1) is 24.0. The minimum absolute atomic E-state index is 0.0258. The van der Waals surface area contributed by atoms with Crippen LogP contribution in [0.15, 0.2) is 60.7 Å². The second-order valence-corrected chi connectivity index (χ2v) is 9.40. The monoisotopic (exact) mass is 465 g/mol. The Balaban J connectivity index is 1.80. The standard InChI is InChI=1S/C27H31NO6/c1-17(2)21-16-33-26(31)28(21)24(29)22-18(3)27(25(30)32-4,15-19-11-7-5-8-12-19)34-23(22)20-13-9-6-10-14-20/h5-14,17-18,21-23H,15-16H2,1-4H3. The summed E-state index contributed by atoms with van der Waals surface area (Å²) < 4.78 is 17.0. The van der Waals surface area contributed by atoms with Crippen molar-refractivity contribution in [1.82, 2.24) is 4.90 Å². The third-order valence-corrected chi connectivity index (χ3v) is 7.10. The minimum atomic E-state index is -1.39. The molecule has 0 aromatic heterocycles. The molecule has 2 amide bonds. The van der Waals surface area contributed by atoms with Crippen molar-refractivity contribution in [1.29, 1.82) is 0 Å². The zero-order chi connectivity index (χ0) is 24.5. The number of cyclic esters (lactones) is 1. The van der Waals surface area contributed by atoms with Crippen molar-refractivity contribution in [3.8, 4) is 0 Å². The van der Waals surface area contributed by atoms with Gasteiger partial charge in [-0.25, -0.2) is 14.5 Å². The predicted octanol–water partition coefficient (Wildman–Crippen LogP) is 4.17. The zero-order valence-electron chi connectivity index (χ0n) is 20.0. The van der Waals surface area contributed by atoms with Crippen LogP contribution in [0.2, 0.25) is 0 Å². The average Bonchev–Trinajstić information content (AvgIpc) is 3.38. The van der Waals surface area contributed by atoms with Gasteiger partial charge in [-0.1, -0.05) is 81.4 Å². The second kappa shape index (κ2) is 9.58. The fourth-order valence-corrected chi connectivity index (χ4v) is 5.14. The van der Waals surface area contributed by atoms with Crippen LogP contribution in [0.4, 0.5) is 4.79 Å². The molecule has 0 aliphatic carbocycles. The topological polar surface area (TPSA) is 82.1 Å². The molecule has 2 aromatic rings. The average molecular weight is 466 g/mol. The Bertz CT molecular complexity index is 1040. The summed E-state index contributed by atoms with van der Waals surface area (Å²) >= 11 is 0. The Morgan fingerprint density at radius 1 is 1.09 bits per heavy atom. The van der Waals surface area contributed by atoms with Gasteiger partial charge in [0.1, 0.15) is 6.61 Å². The molecule has 2 aliphatic rings. The Morgan fingerprint density at radius 3 is 2.29 bits per heavy atom. The Kier molecular flexibility index (Phi) is 6.75. The van der Waals surface area contributed by atoms with Gasteiger partial charge >= 0.3 is 12.1 Å². The van der Waals surface area contributed by atoms with E-state index in [1.807, 2.05) is 81.4 Å². The summed E-state index contributed by atoms with van der Waals surface area (Å²) in [7, 11) is 1.32. The highest BCUT2D eigenvalue weighted by Crippen LogP contribution is 2.51. The van der Waals surface area contributed by atoms with E-state index in [4.69, 9.17) is 14.2 Å². The molecule has 2 aromatic carbocycles. The summed E-state index contributed by atoms with van der Waals surface area (Å²) in [6.45, 7) is 5.89. The quantitative estimate of drug-likeness (QED) is 0.596. The number of imide groups is 1. The molecule has 5 unspecified atom stereocenters. The number of ether oxygens (including phenoxy) is 3. The number of amides is 2. The molecule has 4 rings (SSSR count). The normalized spacial score (nSPS) is 28.7. The van der Waals surface area contributed by atoms with E-state index >= 15 is 0 Å². The number of methoxy groups -OCH3 is 1. The second-order valence-electron chi connectivity index (χ2n) is 9.40. The van der Waals surface area contributed by atoms with Crippen molar-refractivity contribution in [2.24, 2.45) is 17.8 Å². The largest absolute Gasteiger partial charge is 0.467 e. The van der Waals surface area contributed by atoms with E-state index in [1.165, 1.54) is 12.0 Å². The van der Waals surface area contributed by atoms with Gasteiger partial charge in [-0.05, 0) is 17.0 Å². The van der Waals surface area contributed by atoms with E-state index in [9.17, 15) is 14.4 Å². The van der Waals surface area contributed by atoms with Crippen molar-refractivity contribution in [3.05, 3.63) is 71.8 Å². The van der Waals surface area contributed by atoms with Crippen LogP contribution in [-0.4, -0.2) is 48.2 Å². The van der Waals surface area contributed by atoms with Crippen molar-refractivity contribution >= 4 is 18.0 Å². The Labute approximate surface area is 200 Å². The van der Waals surface area contributed by atoms with Crippen molar-refractivity contribution in [3.63, 3.8) is 0 Å². The number of carbonyl (C=O) groups excluding carboxylic acids is 3. The van der Waals surface area contributed by atoms with Crippen LogP contribution in [-0.2, 0) is 30.2 Å². The summed E-state index contributed by atoms with van der Waals surface area (Å²) in [5.41, 5.74) is 0.258. The molecule has 7 heteroatoms. The molecule has 34 heavy (non-hydrogen) atoms. The minimum Gasteiger partial charge on any atom is -0.467 e. The smallest absolute Gasteiger partial charge is 0.416 e. The van der Waals surface area contributed by atoms with Gasteiger partial charge in [0, 0.05) is 12.3 Å². The van der Waals surface area contributed by atoms with Gasteiger partial charge in [0.2, 0.25) is 5.91 Å². The molecule has 0 saturated carbocycles. The maximum Gasteiger partial charge on any atom is 0.416 e. The molecule has 0 bridgehead atoms. The zero-order valence-corrected chi connectivity index (χ0v) is 20.0. The van der Waals surface area contributed by atoms with Crippen molar-refractivity contribution in [2.45, 2.75) is 44.9 Å². The van der Waals surface area contributed by atoms with Crippen LogP contribution in [0.5, 0.6) is 0 Å². The van der Waals surface area contributed by atoms with E-state index in [-0.39, 0.29) is 30.9 Å². The highest BCUT2D eigenvalue weighted by atomic mass is 16.6. The number of hydrogen-bond donors (Lipinski definition) is 0. The number of carbonyl (C=O) groups is 3. The fraction of sp³-hybridized carbons (Fsp3) is 0.444. The van der Waals surface area contributed by atoms with Crippen LogP contribution < -0.4 is 0 Å². The lowest BCUT2D eigenvalue weighted by Crippen LogP contribution is -2.50. The number of hydrogen-bond acceptors (Lipinski definition) is 6. The molecule has 7 nitrogen and oxygen atoms in total. The molecule has 0 N–H and O–H groups in total. The maximum absolute atomic E-state index is 14.0. The van der Waals surface area contributed by atoms with E-state index in [0.29, 0.717) is 0 Å². The SMILES string of the molecule is COC(=O)C1(Cc2ccccc2)OC(c2ccccc2)C(C(=O)N2C(=O)OCC2C(C)C)C1C. The molecular formula is C27H31NO6. The molecule has 180 valence electrons. The molecule has 5 atom stereocenters. The summed E-state index contributed by atoms with van der Waals surface area (Å²) in [6.07, 6.45) is -1.14. The summed E-state index contributed by atoms with van der Waals surface area (Å²) in [5, 5.41) is 0. The molecule has 2 heterocycles. The Hall–Kier alpha value is -3.19. The summed E-state index contributed by atoms with van der Waals surface area (Å²) in [5.74, 6) is -2.25. The van der Waals surface area contributed by atoms with Crippen molar-refractivity contribution < 1.29 is 28.6 Å². The van der Waals surface area contributed by atoms with Crippen LogP contribution in [0.25, 0.3) is 0 Å². The van der Waals surface area contributed by atoms with Gasteiger partial charge in [-0.3, -0.25) is 4.79 Å². The molecule has 2 aliphatic heterocycles. The lowest BCUT2D eigenvalue weighted by Gasteiger charge is -2.32. The lowest BCUT2D eigenvalue weighted by atomic mass is 9.75. The summed E-state index contributed by atoms with van der Waals surface area (Å²) in [4.78, 5) is 41.2. The first-order chi connectivity index (χ1) is 16.3. The van der Waals surface area contributed by atoms with E-state index in [0.717, 1.165) is 11.1 Å². The number of rotatable bonds is 6. The third kappa shape index (κ3) is 4.09. The van der Waals surface area contributed by atoms with E-state index < -0.39 is 35.6 Å². The first-order valence-electron chi connectivity index (χ1n) is 11.6. The van der Waals surface area contributed by atoms with Gasteiger partial charge < -0.3 is 14.2 Å². The van der Waals surface area contributed by atoms with Gasteiger partial charge in [-0.15, -0.1) is 0 Å². The van der Waals surface area contributed by atoms with E-state index in [1.54, 1.807) is 0 Å². The number of nitrogens with zero attached hydrogens (tertiary/aromatic N) is 1. The van der Waals surface area contributed by atoms with Gasteiger partial charge in [0.15, 0.2) is 5.60 Å². The Morgan fingerprint density at radius 2 is 1.71 bits per heavy atom. The van der Waals surface area contributed by atoms with Crippen LogP contribution in [0.3, 0.4) is 0 Å². The predicted molar refractivity (Wildman–Crippen MR) is 125 cm³/mol. The van der Waals surface area contributed by atoms with Crippen LogP contribution >= 0.6 is 0 Å². The highest BCUT2D eigenvalue weighted by molar-refractivity contribution is 5.96. The fourth-order valence-electron chi connectivity index (χ4n) is 5.14. The van der Waals surface area contributed by atoms with E-state index in [2.05, 4.69) is 0 Å². The number of benzene rings is 2. The van der Waals surface area contributed by atoms with Crippen LogP contribution in [0, 0.1) is 17.8 Å². The van der Waals surface area contributed by atoms with Crippen molar-refractivity contribution in [2.75, 3.05) is 13.7 Å². The summed E-state index contributed by atoms with van der Waals surface area (Å²) in [6, 6.07) is 18.5. The maximum atomic E-state index is 14.0. The molecular weight excluding hydrogens is 434 g/mol. The first-order valence-corrected chi connectivity index (χ1v) is 11.6. The van der Waals surface area contributed by atoms with Crippen LogP contribution in [0.1, 0.15) is 38.0 Å². The third-order valence-electron chi connectivity index (χ3n) is 7.10. The van der Waals surface area contributed by atoms with Gasteiger partial charge in [0.05, 0.1) is 25.2 Å². The van der Waals surface area contributed by atoms with Gasteiger partial charge in [0.25, 0.3) is 0 Å². The molecule has 2 fully saturated rings. The number of esters is 1. The molecule has 0 radical (unpaired) electrons. The lowest BCUT2D eigenvalue weighted by molar-refractivity contribution is -0.172. The molecule has 2 saturated heterocycles.